The fraction of sp³-hybridized carbons (Fsp3) is 0.611. The summed E-state index contributed by atoms with van der Waals surface area (Å²) in [6, 6.07) is 4.34. The van der Waals surface area contributed by atoms with Gasteiger partial charge in [0.25, 0.3) is 5.91 Å². The van der Waals surface area contributed by atoms with Gasteiger partial charge in [0.2, 0.25) is 0 Å². The molecule has 2 aliphatic heterocycles. The number of nitrogens with zero attached hydrogens (tertiary/aromatic N) is 2. The Morgan fingerprint density at radius 2 is 1.74 bits per heavy atom. The summed E-state index contributed by atoms with van der Waals surface area (Å²) in [6.45, 7) is 3.90. The summed E-state index contributed by atoms with van der Waals surface area (Å²) in [5.41, 5.74) is 0.923. The van der Waals surface area contributed by atoms with Crippen molar-refractivity contribution in [3.05, 3.63) is 29.6 Å². The summed E-state index contributed by atoms with van der Waals surface area (Å²) in [5.74, 6) is -0.335. The Morgan fingerprint density at radius 3 is 2.35 bits per heavy atom. The Morgan fingerprint density at radius 1 is 1.13 bits per heavy atom. The van der Waals surface area contributed by atoms with Crippen LogP contribution in [-0.4, -0.2) is 56.0 Å². The van der Waals surface area contributed by atoms with Gasteiger partial charge in [-0.05, 0) is 69.4 Å². The molecule has 1 aromatic rings. The molecule has 0 unspecified atom stereocenters. The van der Waals surface area contributed by atoms with Gasteiger partial charge in [0.15, 0.2) is 11.6 Å². The maximum atomic E-state index is 13.5. The lowest BCUT2D eigenvalue weighted by Crippen LogP contribution is -2.47. The number of piperidine rings is 2. The highest BCUT2D eigenvalue weighted by Gasteiger charge is 2.38. The zero-order valence-corrected chi connectivity index (χ0v) is 14.0. The first-order valence-electron chi connectivity index (χ1n) is 8.34. The average molecular weight is 320 g/mol. The Kier molecular flexibility index (Phi) is 4.57. The first kappa shape index (κ1) is 16.2. The fourth-order valence-electron chi connectivity index (χ4n) is 3.75. The molecule has 2 fully saturated rings. The SMILES string of the molecule is COc1cc(C(=O)N2CCC3(CCN(C)CC3)CC2)ccc1F. The standard InChI is InChI=1S/C18H25FN2O2/c1-20-9-5-18(6-10-20)7-11-21(12-8-18)17(22)14-3-4-15(19)16(13-14)23-2/h3-4,13H,5-12H2,1-2H3. The van der Waals surface area contributed by atoms with Crippen molar-refractivity contribution < 1.29 is 13.9 Å². The maximum absolute atomic E-state index is 13.5. The summed E-state index contributed by atoms with van der Waals surface area (Å²) in [4.78, 5) is 16.9. The summed E-state index contributed by atoms with van der Waals surface area (Å²) >= 11 is 0. The van der Waals surface area contributed by atoms with Gasteiger partial charge in [0.05, 0.1) is 7.11 Å². The minimum atomic E-state index is -0.437. The molecule has 23 heavy (non-hydrogen) atoms. The number of carbonyl (C=O) groups is 1. The lowest BCUT2D eigenvalue weighted by molar-refractivity contribution is 0.0352. The minimum Gasteiger partial charge on any atom is -0.494 e. The minimum absolute atomic E-state index is 0.0222. The highest BCUT2D eigenvalue weighted by molar-refractivity contribution is 5.94. The molecule has 5 heteroatoms. The summed E-state index contributed by atoms with van der Waals surface area (Å²) in [6.07, 6.45) is 4.61. The van der Waals surface area contributed by atoms with Crippen LogP contribution in [0.15, 0.2) is 18.2 Å². The highest BCUT2D eigenvalue weighted by Crippen LogP contribution is 2.41. The van der Waals surface area contributed by atoms with Crippen LogP contribution in [-0.2, 0) is 0 Å². The predicted octanol–water partition coefficient (Wildman–Crippen LogP) is 2.78. The second-order valence-electron chi connectivity index (χ2n) is 6.94. The van der Waals surface area contributed by atoms with Crippen LogP contribution in [0, 0.1) is 11.2 Å². The van der Waals surface area contributed by atoms with E-state index in [9.17, 15) is 9.18 Å². The van der Waals surface area contributed by atoms with Gasteiger partial charge in [-0.3, -0.25) is 4.79 Å². The van der Waals surface area contributed by atoms with Crippen molar-refractivity contribution in [2.75, 3.05) is 40.3 Å². The fourth-order valence-corrected chi connectivity index (χ4v) is 3.75. The third-order valence-electron chi connectivity index (χ3n) is 5.56. The Balaban J connectivity index is 1.64. The van der Waals surface area contributed by atoms with Gasteiger partial charge in [-0.15, -0.1) is 0 Å². The van der Waals surface area contributed by atoms with Crippen molar-refractivity contribution in [3.63, 3.8) is 0 Å². The highest BCUT2D eigenvalue weighted by atomic mass is 19.1. The monoisotopic (exact) mass is 320 g/mol. The van der Waals surface area contributed by atoms with E-state index in [4.69, 9.17) is 4.74 Å². The molecular formula is C18H25FN2O2. The van der Waals surface area contributed by atoms with Crippen LogP contribution in [0.3, 0.4) is 0 Å². The van der Waals surface area contributed by atoms with Crippen molar-refractivity contribution in [1.29, 1.82) is 0 Å². The van der Waals surface area contributed by atoms with E-state index in [-0.39, 0.29) is 11.7 Å². The molecule has 126 valence electrons. The van der Waals surface area contributed by atoms with Crippen molar-refractivity contribution >= 4 is 5.91 Å². The van der Waals surface area contributed by atoms with E-state index >= 15 is 0 Å². The normalized spacial score (nSPS) is 21.4. The van der Waals surface area contributed by atoms with Crippen molar-refractivity contribution in [2.45, 2.75) is 25.7 Å². The molecule has 0 bridgehead atoms. The third-order valence-corrected chi connectivity index (χ3v) is 5.56. The molecule has 2 saturated heterocycles. The lowest BCUT2D eigenvalue weighted by atomic mass is 9.71. The summed E-state index contributed by atoms with van der Waals surface area (Å²) in [5, 5.41) is 0. The van der Waals surface area contributed by atoms with Crippen LogP contribution in [0.1, 0.15) is 36.0 Å². The van der Waals surface area contributed by atoms with Gasteiger partial charge in [-0.1, -0.05) is 0 Å². The number of carbonyl (C=O) groups excluding carboxylic acids is 1. The molecule has 0 aliphatic carbocycles. The number of methoxy groups -OCH3 is 1. The Hall–Kier alpha value is -1.62. The summed E-state index contributed by atoms with van der Waals surface area (Å²) < 4.78 is 18.5. The number of likely N-dealkylation sites (tertiary alicyclic amines) is 2. The second-order valence-corrected chi connectivity index (χ2v) is 6.94. The molecular weight excluding hydrogens is 295 g/mol. The maximum Gasteiger partial charge on any atom is 0.253 e. The lowest BCUT2D eigenvalue weighted by Gasteiger charge is -2.46. The van der Waals surface area contributed by atoms with Gasteiger partial charge in [0.1, 0.15) is 0 Å². The first-order valence-corrected chi connectivity index (χ1v) is 8.34. The van der Waals surface area contributed by atoms with E-state index in [1.165, 1.54) is 32.1 Å². The molecule has 2 aliphatic rings. The number of benzene rings is 1. The molecule has 2 heterocycles. The molecule has 0 atom stereocenters. The van der Waals surface area contributed by atoms with Gasteiger partial charge in [0, 0.05) is 18.7 Å². The molecule has 0 radical (unpaired) electrons. The zero-order chi connectivity index (χ0) is 16.4. The molecule has 4 nitrogen and oxygen atoms in total. The van der Waals surface area contributed by atoms with Crippen LogP contribution >= 0.6 is 0 Å². The van der Waals surface area contributed by atoms with Gasteiger partial charge >= 0.3 is 0 Å². The second kappa shape index (κ2) is 6.48. The quantitative estimate of drug-likeness (QED) is 0.840. The van der Waals surface area contributed by atoms with E-state index in [0.717, 1.165) is 39.0 Å². The van der Waals surface area contributed by atoms with Crippen LogP contribution in [0.5, 0.6) is 5.75 Å². The molecule has 0 N–H and O–H groups in total. The van der Waals surface area contributed by atoms with Gasteiger partial charge in [-0.2, -0.15) is 0 Å². The van der Waals surface area contributed by atoms with E-state index in [1.54, 1.807) is 6.07 Å². The first-order chi connectivity index (χ1) is 11.0. The van der Waals surface area contributed by atoms with Crippen LogP contribution in [0.4, 0.5) is 4.39 Å². The number of hydrogen-bond acceptors (Lipinski definition) is 3. The van der Waals surface area contributed by atoms with Gasteiger partial charge < -0.3 is 14.5 Å². The Labute approximate surface area is 137 Å². The smallest absolute Gasteiger partial charge is 0.253 e. The molecule has 1 amide bonds. The van der Waals surface area contributed by atoms with E-state index in [0.29, 0.717) is 11.0 Å². The topological polar surface area (TPSA) is 32.8 Å². The van der Waals surface area contributed by atoms with E-state index in [2.05, 4.69) is 11.9 Å². The number of halogens is 1. The molecule has 0 aromatic heterocycles. The van der Waals surface area contributed by atoms with Crippen LogP contribution in [0.2, 0.25) is 0 Å². The molecule has 1 aromatic carbocycles. The molecule has 1 spiro atoms. The average Bonchev–Trinajstić information content (AvgIpc) is 2.58. The van der Waals surface area contributed by atoms with Crippen LogP contribution < -0.4 is 4.74 Å². The van der Waals surface area contributed by atoms with Crippen molar-refractivity contribution in [1.82, 2.24) is 9.80 Å². The molecule has 3 rings (SSSR count). The van der Waals surface area contributed by atoms with Crippen LogP contribution in [0.25, 0.3) is 0 Å². The summed E-state index contributed by atoms with van der Waals surface area (Å²) in [7, 11) is 3.59. The zero-order valence-electron chi connectivity index (χ0n) is 14.0. The number of rotatable bonds is 2. The van der Waals surface area contributed by atoms with Gasteiger partial charge in [-0.25, -0.2) is 4.39 Å². The van der Waals surface area contributed by atoms with Crippen molar-refractivity contribution in [3.8, 4) is 5.75 Å². The number of ether oxygens (including phenoxy) is 1. The van der Waals surface area contributed by atoms with E-state index < -0.39 is 5.82 Å². The number of amides is 1. The molecule has 0 saturated carbocycles. The largest absolute Gasteiger partial charge is 0.494 e. The Bertz CT molecular complexity index is 572. The van der Waals surface area contributed by atoms with Crippen molar-refractivity contribution in [2.24, 2.45) is 5.41 Å². The number of hydrogen-bond donors (Lipinski definition) is 0. The predicted molar refractivity (Wildman–Crippen MR) is 87.3 cm³/mol. The van der Waals surface area contributed by atoms with E-state index in [1.807, 2.05) is 4.90 Å². The third kappa shape index (κ3) is 3.34.